The summed E-state index contributed by atoms with van der Waals surface area (Å²) in [6.07, 6.45) is 2.29. The van der Waals surface area contributed by atoms with Gasteiger partial charge in [-0.3, -0.25) is 0 Å². The Morgan fingerprint density at radius 2 is 1.71 bits per heavy atom. The van der Waals surface area contributed by atoms with E-state index in [1.807, 2.05) is 0 Å². The van der Waals surface area contributed by atoms with Gasteiger partial charge in [0.05, 0.1) is 0 Å². The van der Waals surface area contributed by atoms with Crippen molar-refractivity contribution in [3.05, 3.63) is 28.8 Å². The first-order valence-electron chi connectivity index (χ1n) is 5.23. The van der Waals surface area contributed by atoms with Crippen molar-refractivity contribution >= 4 is 5.69 Å². The molecule has 2 rings (SSSR count). The molecule has 0 aromatic heterocycles. The normalized spacial score (nSPS) is 17.6. The summed E-state index contributed by atoms with van der Waals surface area (Å²) in [7, 11) is 2.18. The number of hydrogen-bond acceptors (Lipinski definition) is 2. The van der Waals surface area contributed by atoms with E-state index in [0.29, 0.717) is 0 Å². The van der Waals surface area contributed by atoms with Crippen LogP contribution in [-0.2, 0) is 12.8 Å². The Morgan fingerprint density at radius 3 is 2.36 bits per heavy atom. The van der Waals surface area contributed by atoms with Gasteiger partial charge in [-0.05, 0) is 49.6 Å². The Bertz CT molecular complexity index is 311. The lowest BCUT2D eigenvalue weighted by Crippen LogP contribution is -2.20. The van der Waals surface area contributed by atoms with Gasteiger partial charge in [0.2, 0.25) is 0 Å². The zero-order valence-corrected chi connectivity index (χ0v) is 9.01. The van der Waals surface area contributed by atoms with E-state index in [9.17, 15) is 0 Å². The summed E-state index contributed by atoms with van der Waals surface area (Å²) in [6.45, 7) is 4.40. The Balaban J connectivity index is 2.36. The third kappa shape index (κ3) is 1.75. The number of nitrogens with zero attached hydrogens (tertiary/aromatic N) is 1. The van der Waals surface area contributed by atoms with Crippen LogP contribution in [0.15, 0.2) is 12.1 Å². The smallest absolute Gasteiger partial charge is 0.0346 e. The van der Waals surface area contributed by atoms with Crippen LogP contribution >= 0.6 is 0 Å². The van der Waals surface area contributed by atoms with Gasteiger partial charge in [0.1, 0.15) is 0 Å². The van der Waals surface area contributed by atoms with E-state index < -0.39 is 0 Å². The number of likely N-dealkylation sites (N-methyl/N-ethyl adjacent to an activating group) is 1. The summed E-state index contributed by atoms with van der Waals surface area (Å²) in [4.78, 5) is 2.38. The largest absolute Gasteiger partial charge is 0.399 e. The molecule has 0 atom stereocenters. The molecule has 2 N–H and O–H groups in total. The zero-order valence-electron chi connectivity index (χ0n) is 9.01. The summed E-state index contributed by atoms with van der Waals surface area (Å²) >= 11 is 0. The molecule has 1 aromatic rings. The van der Waals surface area contributed by atoms with Crippen LogP contribution < -0.4 is 5.73 Å². The predicted octanol–water partition coefficient (Wildman–Crippen LogP) is 1.61. The molecular weight excluding hydrogens is 172 g/mol. The lowest BCUT2D eigenvalue weighted by molar-refractivity contribution is 0.352. The predicted molar refractivity (Wildman–Crippen MR) is 60.5 cm³/mol. The molecule has 1 heterocycles. The SMILES string of the molecule is Cc1cc2c(cc1N)CCN(C)CC2. The fraction of sp³-hybridized carbons (Fsp3) is 0.500. The van der Waals surface area contributed by atoms with Crippen LogP contribution in [0.1, 0.15) is 16.7 Å². The fourth-order valence-electron chi connectivity index (χ4n) is 2.03. The standard InChI is InChI=1S/C12H18N2/c1-9-7-10-3-5-14(2)6-4-11(10)8-12(9)13/h7-8H,3-6,13H2,1-2H3. The lowest BCUT2D eigenvalue weighted by atomic mass is 9.99. The first-order chi connectivity index (χ1) is 6.66. The van der Waals surface area contributed by atoms with Crippen molar-refractivity contribution in [1.82, 2.24) is 4.90 Å². The van der Waals surface area contributed by atoms with Crippen LogP contribution in [0.2, 0.25) is 0 Å². The van der Waals surface area contributed by atoms with Gasteiger partial charge in [-0.15, -0.1) is 0 Å². The quantitative estimate of drug-likeness (QED) is 0.630. The third-order valence-electron chi connectivity index (χ3n) is 3.11. The van der Waals surface area contributed by atoms with Gasteiger partial charge >= 0.3 is 0 Å². The van der Waals surface area contributed by atoms with Crippen LogP contribution in [0.3, 0.4) is 0 Å². The van der Waals surface area contributed by atoms with Crippen molar-refractivity contribution in [2.75, 3.05) is 25.9 Å². The summed E-state index contributed by atoms with van der Waals surface area (Å²) in [5.41, 5.74) is 11.0. The number of nitrogen functional groups attached to an aromatic ring is 1. The van der Waals surface area contributed by atoms with E-state index >= 15 is 0 Å². The molecule has 0 saturated carbocycles. The Morgan fingerprint density at radius 1 is 1.14 bits per heavy atom. The van der Waals surface area contributed by atoms with Gasteiger partial charge < -0.3 is 10.6 Å². The topological polar surface area (TPSA) is 29.3 Å². The van der Waals surface area contributed by atoms with Gasteiger partial charge in [-0.25, -0.2) is 0 Å². The summed E-state index contributed by atoms with van der Waals surface area (Å²) in [5, 5.41) is 0. The molecule has 0 spiro atoms. The molecule has 76 valence electrons. The molecule has 0 bridgehead atoms. The number of nitrogens with two attached hydrogens (primary N) is 1. The summed E-state index contributed by atoms with van der Waals surface area (Å²) < 4.78 is 0. The van der Waals surface area contributed by atoms with Crippen LogP contribution in [0.25, 0.3) is 0 Å². The first-order valence-corrected chi connectivity index (χ1v) is 5.23. The fourth-order valence-corrected chi connectivity index (χ4v) is 2.03. The van der Waals surface area contributed by atoms with Gasteiger partial charge in [-0.1, -0.05) is 6.07 Å². The van der Waals surface area contributed by atoms with E-state index in [2.05, 4.69) is 31.0 Å². The second-order valence-corrected chi connectivity index (χ2v) is 4.28. The molecule has 0 saturated heterocycles. The second-order valence-electron chi connectivity index (χ2n) is 4.28. The molecule has 0 aliphatic carbocycles. The van der Waals surface area contributed by atoms with E-state index in [1.54, 1.807) is 0 Å². The molecule has 1 aromatic carbocycles. The molecule has 14 heavy (non-hydrogen) atoms. The van der Waals surface area contributed by atoms with Crippen LogP contribution in [0, 0.1) is 6.92 Å². The average molecular weight is 190 g/mol. The maximum atomic E-state index is 5.92. The van der Waals surface area contributed by atoms with Crippen molar-refractivity contribution in [2.45, 2.75) is 19.8 Å². The lowest BCUT2D eigenvalue weighted by Gasteiger charge is -2.10. The monoisotopic (exact) mass is 190 g/mol. The molecular formula is C12H18N2. The van der Waals surface area contributed by atoms with Crippen molar-refractivity contribution in [3.63, 3.8) is 0 Å². The molecule has 2 heteroatoms. The number of rotatable bonds is 0. The van der Waals surface area contributed by atoms with E-state index in [4.69, 9.17) is 5.73 Å². The molecule has 1 aliphatic heterocycles. The molecule has 1 aliphatic rings. The Kier molecular flexibility index (Phi) is 2.46. The maximum Gasteiger partial charge on any atom is 0.0346 e. The third-order valence-corrected chi connectivity index (χ3v) is 3.11. The minimum atomic E-state index is 0.938. The highest BCUT2D eigenvalue weighted by atomic mass is 15.1. The minimum Gasteiger partial charge on any atom is -0.399 e. The highest BCUT2D eigenvalue weighted by molar-refractivity contribution is 5.52. The zero-order chi connectivity index (χ0) is 10.1. The van der Waals surface area contributed by atoms with Crippen molar-refractivity contribution in [1.29, 1.82) is 0 Å². The second kappa shape index (κ2) is 3.62. The number of fused-ring (bicyclic) bond motifs is 1. The van der Waals surface area contributed by atoms with Crippen molar-refractivity contribution in [2.24, 2.45) is 0 Å². The molecule has 0 fully saturated rings. The van der Waals surface area contributed by atoms with Gasteiger partial charge in [0.15, 0.2) is 0 Å². The first kappa shape index (κ1) is 9.53. The van der Waals surface area contributed by atoms with Crippen molar-refractivity contribution in [3.8, 4) is 0 Å². The summed E-state index contributed by atoms with van der Waals surface area (Å²) in [5.74, 6) is 0. The van der Waals surface area contributed by atoms with Gasteiger partial charge in [0, 0.05) is 18.8 Å². The highest BCUT2D eigenvalue weighted by Crippen LogP contribution is 2.21. The molecule has 0 unspecified atom stereocenters. The number of anilines is 1. The van der Waals surface area contributed by atoms with E-state index in [-0.39, 0.29) is 0 Å². The summed E-state index contributed by atoms with van der Waals surface area (Å²) in [6, 6.07) is 4.41. The number of hydrogen-bond donors (Lipinski definition) is 1. The van der Waals surface area contributed by atoms with Crippen LogP contribution in [0.4, 0.5) is 5.69 Å². The van der Waals surface area contributed by atoms with Gasteiger partial charge in [0.25, 0.3) is 0 Å². The number of aryl methyl sites for hydroxylation is 1. The highest BCUT2D eigenvalue weighted by Gasteiger charge is 2.11. The van der Waals surface area contributed by atoms with Crippen molar-refractivity contribution < 1.29 is 0 Å². The molecule has 2 nitrogen and oxygen atoms in total. The molecule has 0 radical (unpaired) electrons. The minimum absolute atomic E-state index is 0.938. The number of benzene rings is 1. The Labute approximate surface area is 85.7 Å². The van der Waals surface area contributed by atoms with E-state index in [0.717, 1.165) is 31.6 Å². The van der Waals surface area contributed by atoms with Crippen LogP contribution in [-0.4, -0.2) is 25.0 Å². The Hall–Kier alpha value is -1.02. The average Bonchev–Trinajstić information content (AvgIpc) is 2.31. The molecule has 0 amide bonds. The maximum absolute atomic E-state index is 5.92. The van der Waals surface area contributed by atoms with E-state index in [1.165, 1.54) is 16.7 Å². The van der Waals surface area contributed by atoms with Gasteiger partial charge in [-0.2, -0.15) is 0 Å². The van der Waals surface area contributed by atoms with Crippen LogP contribution in [0.5, 0.6) is 0 Å².